The lowest BCUT2D eigenvalue weighted by Gasteiger charge is -2.15. The highest BCUT2D eigenvalue weighted by atomic mass is 19.1. The van der Waals surface area contributed by atoms with Crippen LogP contribution in [-0.2, 0) is 13.2 Å². The van der Waals surface area contributed by atoms with Crippen LogP contribution in [0.25, 0.3) is 0 Å². The molecule has 0 aliphatic rings. The van der Waals surface area contributed by atoms with Crippen LogP contribution < -0.4 is 10.5 Å². The SMILES string of the molecule is Cc1ccc(C(C)C)c(OCc2ccc(F)c(CN)c2)c1. The number of benzene rings is 2. The first kappa shape index (κ1) is 15.5. The summed E-state index contributed by atoms with van der Waals surface area (Å²) in [4.78, 5) is 0. The monoisotopic (exact) mass is 287 g/mol. The third-order valence-electron chi connectivity index (χ3n) is 3.52. The summed E-state index contributed by atoms with van der Waals surface area (Å²) in [6.07, 6.45) is 0. The van der Waals surface area contributed by atoms with Crippen molar-refractivity contribution in [3.05, 3.63) is 64.5 Å². The maximum atomic E-state index is 13.4. The molecule has 0 atom stereocenters. The van der Waals surface area contributed by atoms with Gasteiger partial charge in [-0.2, -0.15) is 0 Å². The van der Waals surface area contributed by atoms with Crippen LogP contribution in [0, 0.1) is 12.7 Å². The van der Waals surface area contributed by atoms with Crippen molar-refractivity contribution in [3.8, 4) is 5.75 Å². The first-order valence-electron chi connectivity index (χ1n) is 7.22. The molecule has 0 saturated carbocycles. The predicted octanol–water partition coefficient (Wildman–Crippen LogP) is 4.30. The Hall–Kier alpha value is -1.87. The molecule has 2 nitrogen and oxygen atoms in total. The summed E-state index contributed by atoms with van der Waals surface area (Å²) in [6.45, 7) is 6.93. The molecule has 0 spiro atoms. The molecular weight excluding hydrogens is 265 g/mol. The zero-order chi connectivity index (χ0) is 15.4. The maximum Gasteiger partial charge on any atom is 0.127 e. The van der Waals surface area contributed by atoms with E-state index < -0.39 is 0 Å². The van der Waals surface area contributed by atoms with Gasteiger partial charge in [0.25, 0.3) is 0 Å². The lowest BCUT2D eigenvalue weighted by atomic mass is 10.0. The van der Waals surface area contributed by atoms with Gasteiger partial charge >= 0.3 is 0 Å². The van der Waals surface area contributed by atoms with E-state index in [-0.39, 0.29) is 12.4 Å². The van der Waals surface area contributed by atoms with Crippen molar-refractivity contribution in [2.24, 2.45) is 5.73 Å². The molecule has 0 saturated heterocycles. The Morgan fingerprint density at radius 3 is 2.57 bits per heavy atom. The topological polar surface area (TPSA) is 35.2 Å². The van der Waals surface area contributed by atoms with Gasteiger partial charge in [0.15, 0.2) is 0 Å². The van der Waals surface area contributed by atoms with E-state index in [0.29, 0.717) is 18.1 Å². The summed E-state index contributed by atoms with van der Waals surface area (Å²) in [5.41, 5.74) is 9.32. The van der Waals surface area contributed by atoms with Gasteiger partial charge in [-0.1, -0.05) is 32.0 Å². The molecule has 0 bridgehead atoms. The normalized spacial score (nSPS) is 11.0. The van der Waals surface area contributed by atoms with Crippen LogP contribution in [0.1, 0.15) is 42.0 Å². The second kappa shape index (κ2) is 6.72. The summed E-state index contributed by atoms with van der Waals surface area (Å²) in [5, 5.41) is 0. The average molecular weight is 287 g/mol. The largest absolute Gasteiger partial charge is 0.489 e. The van der Waals surface area contributed by atoms with Crippen molar-refractivity contribution in [2.45, 2.75) is 39.8 Å². The van der Waals surface area contributed by atoms with E-state index in [4.69, 9.17) is 10.5 Å². The zero-order valence-corrected chi connectivity index (χ0v) is 12.8. The Morgan fingerprint density at radius 1 is 1.14 bits per heavy atom. The first-order valence-corrected chi connectivity index (χ1v) is 7.22. The molecule has 2 aromatic rings. The predicted molar refractivity (Wildman–Crippen MR) is 83.9 cm³/mol. The third kappa shape index (κ3) is 3.82. The molecule has 112 valence electrons. The molecule has 0 aliphatic heterocycles. The van der Waals surface area contributed by atoms with Gasteiger partial charge in [-0.05, 0) is 47.7 Å². The highest BCUT2D eigenvalue weighted by molar-refractivity contribution is 5.39. The van der Waals surface area contributed by atoms with Crippen molar-refractivity contribution < 1.29 is 9.13 Å². The number of nitrogens with two attached hydrogens (primary N) is 1. The molecule has 2 rings (SSSR count). The van der Waals surface area contributed by atoms with Gasteiger partial charge in [-0.25, -0.2) is 4.39 Å². The van der Waals surface area contributed by atoms with Gasteiger partial charge in [0.1, 0.15) is 18.2 Å². The fourth-order valence-corrected chi connectivity index (χ4v) is 2.28. The van der Waals surface area contributed by atoms with E-state index in [1.807, 2.05) is 13.0 Å². The van der Waals surface area contributed by atoms with Crippen molar-refractivity contribution in [2.75, 3.05) is 0 Å². The van der Waals surface area contributed by atoms with Gasteiger partial charge < -0.3 is 10.5 Å². The number of hydrogen-bond donors (Lipinski definition) is 1. The molecular formula is C18H22FNO. The van der Waals surface area contributed by atoms with Gasteiger partial charge in [0.2, 0.25) is 0 Å². The average Bonchev–Trinajstić information content (AvgIpc) is 2.46. The second-order valence-electron chi connectivity index (χ2n) is 5.61. The van der Waals surface area contributed by atoms with Crippen molar-refractivity contribution in [1.82, 2.24) is 0 Å². The number of ether oxygens (including phenoxy) is 1. The van der Waals surface area contributed by atoms with Crippen LogP contribution in [0.3, 0.4) is 0 Å². The number of aryl methyl sites for hydroxylation is 1. The van der Waals surface area contributed by atoms with Crippen LogP contribution in [0.4, 0.5) is 4.39 Å². The zero-order valence-electron chi connectivity index (χ0n) is 12.8. The summed E-state index contributed by atoms with van der Waals surface area (Å²) >= 11 is 0. The van der Waals surface area contributed by atoms with Crippen LogP contribution in [0.2, 0.25) is 0 Å². The van der Waals surface area contributed by atoms with Crippen molar-refractivity contribution in [3.63, 3.8) is 0 Å². The number of rotatable bonds is 5. The highest BCUT2D eigenvalue weighted by Crippen LogP contribution is 2.28. The fourth-order valence-electron chi connectivity index (χ4n) is 2.28. The Bertz CT molecular complexity index is 623. The molecule has 0 unspecified atom stereocenters. The Kier molecular flexibility index (Phi) is 4.97. The van der Waals surface area contributed by atoms with E-state index in [0.717, 1.165) is 16.9 Å². The second-order valence-corrected chi connectivity index (χ2v) is 5.61. The molecule has 2 N–H and O–H groups in total. The van der Waals surface area contributed by atoms with Gasteiger partial charge in [0, 0.05) is 12.1 Å². The minimum Gasteiger partial charge on any atom is -0.489 e. The van der Waals surface area contributed by atoms with Crippen molar-refractivity contribution >= 4 is 0 Å². The third-order valence-corrected chi connectivity index (χ3v) is 3.52. The van der Waals surface area contributed by atoms with Crippen LogP contribution in [0.15, 0.2) is 36.4 Å². The molecule has 21 heavy (non-hydrogen) atoms. The molecule has 0 heterocycles. The smallest absolute Gasteiger partial charge is 0.127 e. The Balaban J connectivity index is 2.18. The van der Waals surface area contributed by atoms with Gasteiger partial charge in [-0.15, -0.1) is 0 Å². The minimum atomic E-state index is -0.264. The summed E-state index contributed by atoms with van der Waals surface area (Å²) in [5.74, 6) is 1.02. The molecule has 0 fully saturated rings. The molecule has 3 heteroatoms. The number of hydrogen-bond acceptors (Lipinski definition) is 2. The van der Waals surface area contributed by atoms with Crippen LogP contribution in [-0.4, -0.2) is 0 Å². The van der Waals surface area contributed by atoms with Crippen molar-refractivity contribution in [1.29, 1.82) is 0 Å². The minimum absolute atomic E-state index is 0.196. The quantitative estimate of drug-likeness (QED) is 0.890. The van der Waals surface area contributed by atoms with Gasteiger partial charge in [-0.3, -0.25) is 0 Å². The Labute approximate surface area is 125 Å². The highest BCUT2D eigenvalue weighted by Gasteiger charge is 2.09. The maximum absolute atomic E-state index is 13.4. The van der Waals surface area contributed by atoms with E-state index >= 15 is 0 Å². The summed E-state index contributed by atoms with van der Waals surface area (Å²) < 4.78 is 19.4. The van der Waals surface area contributed by atoms with E-state index in [2.05, 4.69) is 26.0 Å². The van der Waals surface area contributed by atoms with E-state index in [1.54, 1.807) is 12.1 Å². The Morgan fingerprint density at radius 2 is 1.90 bits per heavy atom. The number of halogens is 1. The summed E-state index contributed by atoms with van der Waals surface area (Å²) in [6, 6.07) is 11.2. The molecule has 2 aromatic carbocycles. The van der Waals surface area contributed by atoms with Crippen LogP contribution in [0.5, 0.6) is 5.75 Å². The fraction of sp³-hybridized carbons (Fsp3) is 0.333. The van der Waals surface area contributed by atoms with Crippen LogP contribution >= 0.6 is 0 Å². The molecule has 0 radical (unpaired) electrons. The van der Waals surface area contributed by atoms with E-state index in [9.17, 15) is 4.39 Å². The molecule has 0 aromatic heterocycles. The first-order chi connectivity index (χ1) is 10.0. The lowest BCUT2D eigenvalue weighted by Crippen LogP contribution is -2.04. The standard InChI is InChI=1S/C18H22FNO/c1-12(2)16-6-4-13(3)8-18(16)21-11-14-5-7-17(19)15(9-14)10-20/h4-9,12H,10-11,20H2,1-3H3. The van der Waals surface area contributed by atoms with Gasteiger partial charge in [0.05, 0.1) is 0 Å². The van der Waals surface area contributed by atoms with E-state index in [1.165, 1.54) is 11.6 Å². The molecule has 0 aliphatic carbocycles. The molecule has 0 amide bonds. The summed E-state index contributed by atoms with van der Waals surface area (Å²) in [7, 11) is 0. The lowest BCUT2D eigenvalue weighted by molar-refractivity contribution is 0.301.